The lowest BCUT2D eigenvalue weighted by molar-refractivity contribution is -0.125. The molecule has 0 spiro atoms. The van der Waals surface area contributed by atoms with Gasteiger partial charge in [-0.3, -0.25) is 4.79 Å². The maximum absolute atomic E-state index is 12.1. The van der Waals surface area contributed by atoms with E-state index in [1.165, 1.54) is 19.2 Å². The number of amides is 1. The highest BCUT2D eigenvalue weighted by Gasteiger charge is 2.17. The van der Waals surface area contributed by atoms with Crippen LogP contribution in [0.1, 0.15) is 19.4 Å². The first-order valence-electron chi connectivity index (χ1n) is 7.38. The average Bonchev–Trinajstić information content (AvgIpc) is 2.52. The quantitative estimate of drug-likeness (QED) is 0.555. The fraction of sp³-hybridized carbons (Fsp3) is 0.533. The molecule has 2 atom stereocenters. The van der Waals surface area contributed by atoms with E-state index in [0.717, 1.165) is 0 Å². The molecule has 8 heteroatoms. The van der Waals surface area contributed by atoms with Crippen molar-refractivity contribution >= 4 is 15.9 Å². The van der Waals surface area contributed by atoms with Crippen molar-refractivity contribution in [3.05, 3.63) is 29.8 Å². The van der Waals surface area contributed by atoms with Gasteiger partial charge in [-0.15, -0.1) is 0 Å². The van der Waals surface area contributed by atoms with Crippen molar-refractivity contribution in [1.29, 1.82) is 0 Å². The van der Waals surface area contributed by atoms with Crippen molar-refractivity contribution < 1.29 is 17.9 Å². The van der Waals surface area contributed by atoms with Gasteiger partial charge in [0, 0.05) is 32.2 Å². The zero-order chi connectivity index (χ0) is 17.5. The van der Waals surface area contributed by atoms with E-state index in [-0.39, 0.29) is 35.9 Å². The summed E-state index contributed by atoms with van der Waals surface area (Å²) < 4.78 is 31.5. The highest BCUT2D eigenvalue weighted by atomic mass is 32.2. The number of hydrogen-bond acceptors (Lipinski definition) is 5. The lowest BCUT2D eigenvalue weighted by Gasteiger charge is -2.15. The molecule has 0 bridgehead atoms. The standard InChI is InChI=1S/C15H25N3O4S/c1-11(12(2)16)15(19)17-10-13-5-4-6-14(9-13)23(20,21)18-7-8-22-3/h4-6,9,11-12,18H,7-8,10,16H2,1-3H3,(H,17,19). The Morgan fingerprint density at radius 2 is 2.04 bits per heavy atom. The highest BCUT2D eigenvalue weighted by Crippen LogP contribution is 2.11. The summed E-state index contributed by atoms with van der Waals surface area (Å²) in [5.41, 5.74) is 6.39. The fourth-order valence-corrected chi connectivity index (χ4v) is 2.86. The zero-order valence-electron chi connectivity index (χ0n) is 13.7. The van der Waals surface area contributed by atoms with Crippen molar-refractivity contribution in [1.82, 2.24) is 10.0 Å². The van der Waals surface area contributed by atoms with Gasteiger partial charge in [-0.05, 0) is 24.6 Å². The van der Waals surface area contributed by atoms with Crippen LogP contribution in [0.3, 0.4) is 0 Å². The third-order valence-corrected chi connectivity index (χ3v) is 4.93. The van der Waals surface area contributed by atoms with E-state index in [2.05, 4.69) is 10.0 Å². The van der Waals surface area contributed by atoms with Gasteiger partial charge >= 0.3 is 0 Å². The number of methoxy groups -OCH3 is 1. The molecular weight excluding hydrogens is 318 g/mol. The van der Waals surface area contributed by atoms with Crippen molar-refractivity contribution in [3.63, 3.8) is 0 Å². The molecule has 0 aliphatic heterocycles. The first kappa shape index (κ1) is 19.6. The molecule has 0 saturated carbocycles. The van der Waals surface area contributed by atoms with Crippen LogP contribution in [0.5, 0.6) is 0 Å². The van der Waals surface area contributed by atoms with Gasteiger partial charge in [-0.1, -0.05) is 19.1 Å². The van der Waals surface area contributed by atoms with Gasteiger partial charge in [0.05, 0.1) is 11.5 Å². The highest BCUT2D eigenvalue weighted by molar-refractivity contribution is 7.89. The summed E-state index contributed by atoms with van der Waals surface area (Å²) in [7, 11) is -2.09. The predicted molar refractivity (Wildman–Crippen MR) is 88.2 cm³/mol. The minimum atomic E-state index is -3.59. The van der Waals surface area contributed by atoms with E-state index in [1.807, 2.05) is 0 Å². The van der Waals surface area contributed by atoms with Crippen molar-refractivity contribution in [2.75, 3.05) is 20.3 Å². The van der Waals surface area contributed by atoms with E-state index in [9.17, 15) is 13.2 Å². The van der Waals surface area contributed by atoms with Crippen molar-refractivity contribution in [3.8, 4) is 0 Å². The number of hydrogen-bond donors (Lipinski definition) is 3. The van der Waals surface area contributed by atoms with E-state index >= 15 is 0 Å². The van der Waals surface area contributed by atoms with Crippen LogP contribution >= 0.6 is 0 Å². The van der Waals surface area contributed by atoms with Gasteiger partial charge in [0.2, 0.25) is 15.9 Å². The van der Waals surface area contributed by atoms with E-state index in [4.69, 9.17) is 10.5 Å². The Kier molecular flexibility index (Phi) is 7.63. The molecule has 0 fully saturated rings. The molecule has 130 valence electrons. The molecule has 1 amide bonds. The minimum Gasteiger partial charge on any atom is -0.383 e. The molecule has 1 aromatic rings. The number of nitrogens with one attached hydrogen (secondary N) is 2. The van der Waals surface area contributed by atoms with E-state index in [0.29, 0.717) is 12.2 Å². The summed E-state index contributed by atoms with van der Waals surface area (Å²) in [6, 6.07) is 6.19. The van der Waals surface area contributed by atoms with Crippen LogP contribution in [0.15, 0.2) is 29.2 Å². The van der Waals surface area contributed by atoms with Crippen LogP contribution in [-0.4, -0.2) is 40.6 Å². The Balaban J connectivity index is 2.72. The maximum Gasteiger partial charge on any atom is 0.240 e. The summed E-state index contributed by atoms with van der Waals surface area (Å²) in [5.74, 6) is -0.468. The molecule has 1 rings (SSSR count). The summed E-state index contributed by atoms with van der Waals surface area (Å²) in [6.07, 6.45) is 0. The first-order valence-corrected chi connectivity index (χ1v) is 8.87. The normalized spacial score (nSPS) is 14.3. The number of carbonyl (C=O) groups excluding carboxylic acids is 1. The summed E-state index contributed by atoms with van der Waals surface area (Å²) >= 11 is 0. The van der Waals surface area contributed by atoms with Gasteiger partial charge in [-0.25, -0.2) is 13.1 Å². The van der Waals surface area contributed by atoms with Gasteiger partial charge in [0.1, 0.15) is 0 Å². The number of carbonyl (C=O) groups is 1. The van der Waals surface area contributed by atoms with Gasteiger partial charge in [0.15, 0.2) is 0 Å². The molecule has 0 heterocycles. The lowest BCUT2D eigenvalue weighted by atomic mass is 10.0. The predicted octanol–water partition coefficient (Wildman–Crippen LogP) is 0.211. The van der Waals surface area contributed by atoms with Gasteiger partial charge < -0.3 is 15.8 Å². The first-order chi connectivity index (χ1) is 10.8. The van der Waals surface area contributed by atoms with Crippen LogP contribution in [0.4, 0.5) is 0 Å². The van der Waals surface area contributed by atoms with Crippen LogP contribution in [0.2, 0.25) is 0 Å². The van der Waals surface area contributed by atoms with Crippen molar-refractivity contribution in [2.45, 2.75) is 31.3 Å². The summed E-state index contributed by atoms with van der Waals surface area (Å²) in [4.78, 5) is 12.0. The topological polar surface area (TPSA) is 111 Å². The average molecular weight is 343 g/mol. The monoisotopic (exact) mass is 343 g/mol. The number of rotatable bonds is 9. The molecule has 0 aliphatic carbocycles. The fourth-order valence-electron chi connectivity index (χ4n) is 1.77. The Hall–Kier alpha value is -1.48. The van der Waals surface area contributed by atoms with Crippen LogP contribution in [-0.2, 0) is 26.1 Å². The number of sulfonamides is 1. The van der Waals surface area contributed by atoms with Gasteiger partial charge in [0.25, 0.3) is 0 Å². The molecule has 4 N–H and O–H groups in total. The second kappa shape index (κ2) is 8.97. The van der Waals surface area contributed by atoms with Gasteiger partial charge in [-0.2, -0.15) is 0 Å². The molecule has 2 unspecified atom stereocenters. The maximum atomic E-state index is 12.1. The Morgan fingerprint density at radius 3 is 2.65 bits per heavy atom. The second-order valence-corrected chi connectivity index (χ2v) is 7.17. The largest absolute Gasteiger partial charge is 0.383 e. The Morgan fingerprint density at radius 1 is 1.35 bits per heavy atom. The second-order valence-electron chi connectivity index (χ2n) is 5.40. The lowest BCUT2D eigenvalue weighted by Crippen LogP contribution is -2.38. The van der Waals surface area contributed by atoms with Crippen LogP contribution < -0.4 is 15.8 Å². The molecule has 0 aromatic heterocycles. The smallest absolute Gasteiger partial charge is 0.240 e. The Bertz CT molecular complexity index is 617. The molecular formula is C15H25N3O4S. The van der Waals surface area contributed by atoms with Crippen LogP contribution in [0.25, 0.3) is 0 Å². The van der Waals surface area contributed by atoms with E-state index < -0.39 is 10.0 Å². The molecule has 0 aliphatic rings. The van der Waals surface area contributed by atoms with Crippen molar-refractivity contribution in [2.24, 2.45) is 11.7 Å². The molecule has 0 radical (unpaired) electrons. The molecule has 23 heavy (non-hydrogen) atoms. The van der Waals surface area contributed by atoms with Crippen LogP contribution in [0, 0.1) is 5.92 Å². The zero-order valence-corrected chi connectivity index (χ0v) is 14.5. The SMILES string of the molecule is COCCNS(=O)(=O)c1cccc(CNC(=O)C(C)C(C)N)c1. The molecule has 7 nitrogen and oxygen atoms in total. The Labute approximate surface area is 137 Å². The molecule has 0 saturated heterocycles. The number of nitrogens with two attached hydrogens (primary N) is 1. The number of benzene rings is 1. The third kappa shape index (κ3) is 6.26. The van der Waals surface area contributed by atoms with E-state index in [1.54, 1.807) is 26.0 Å². The summed E-state index contributed by atoms with van der Waals surface area (Å²) in [6.45, 7) is 4.26. The third-order valence-electron chi connectivity index (χ3n) is 3.48. The minimum absolute atomic E-state index is 0.153. The summed E-state index contributed by atoms with van der Waals surface area (Å²) in [5, 5.41) is 2.76. The number of ether oxygens (including phenoxy) is 1. The molecule has 1 aromatic carbocycles.